The Morgan fingerprint density at radius 3 is 2.46 bits per heavy atom. The third-order valence-electron chi connectivity index (χ3n) is 4.24. The molecule has 2 amide bonds. The molecule has 6 heteroatoms. The summed E-state index contributed by atoms with van der Waals surface area (Å²) in [6.07, 6.45) is 1.95. The predicted octanol–water partition coefficient (Wildman–Crippen LogP) is 2.29. The number of hydrogen-bond donors (Lipinski definition) is 1. The number of piperidine rings is 1. The van der Waals surface area contributed by atoms with E-state index in [1.54, 1.807) is 11.9 Å². The summed E-state index contributed by atoms with van der Waals surface area (Å²) in [6, 6.07) is 7.60. The maximum Gasteiger partial charge on any atom is 0.253 e. The van der Waals surface area contributed by atoms with Crippen molar-refractivity contribution < 1.29 is 9.59 Å². The molecule has 1 unspecified atom stereocenters. The molecule has 1 fully saturated rings. The zero-order valence-corrected chi connectivity index (χ0v) is 15.5. The molecule has 1 heterocycles. The first-order valence-corrected chi connectivity index (χ1v) is 8.27. The monoisotopic (exact) mass is 353 g/mol. The summed E-state index contributed by atoms with van der Waals surface area (Å²) in [5, 5.41) is 0. The predicted molar refractivity (Wildman–Crippen MR) is 98.1 cm³/mol. The van der Waals surface area contributed by atoms with Gasteiger partial charge >= 0.3 is 0 Å². The average molecular weight is 354 g/mol. The topological polar surface area (TPSA) is 66.6 Å². The van der Waals surface area contributed by atoms with E-state index in [9.17, 15) is 9.59 Å². The van der Waals surface area contributed by atoms with Crippen molar-refractivity contribution in [2.45, 2.75) is 39.3 Å². The van der Waals surface area contributed by atoms with Crippen LogP contribution in [-0.2, 0) is 11.3 Å². The van der Waals surface area contributed by atoms with E-state index in [1.165, 1.54) is 0 Å². The van der Waals surface area contributed by atoms with Gasteiger partial charge in [-0.25, -0.2) is 0 Å². The van der Waals surface area contributed by atoms with Crippen LogP contribution in [0.3, 0.4) is 0 Å². The number of benzene rings is 1. The van der Waals surface area contributed by atoms with E-state index in [-0.39, 0.29) is 36.2 Å². The number of halogens is 1. The molecular formula is C18H28ClN3O2. The number of carbonyl (C=O) groups is 2. The van der Waals surface area contributed by atoms with Crippen molar-refractivity contribution in [3.63, 3.8) is 0 Å². The first kappa shape index (κ1) is 20.5. The lowest BCUT2D eigenvalue weighted by Crippen LogP contribution is -2.45. The van der Waals surface area contributed by atoms with E-state index in [0.717, 1.165) is 24.9 Å². The van der Waals surface area contributed by atoms with Gasteiger partial charge in [-0.2, -0.15) is 0 Å². The van der Waals surface area contributed by atoms with Crippen molar-refractivity contribution in [1.29, 1.82) is 0 Å². The molecular weight excluding hydrogens is 326 g/mol. The fourth-order valence-electron chi connectivity index (χ4n) is 2.92. The van der Waals surface area contributed by atoms with Gasteiger partial charge < -0.3 is 15.5 Å². The minimum atomic E-state index is -0.0100. The number of nitrogens with zero attached hydrogens (tertiary/aromatic N) is 2. The molecule has 0 aromatic heterocycles. The number of rotatable bonds is 4. The van der Waals surface area contributed by atoms with E-state index < -0.39 is 0 Å². The van der Waals surface area contributed by atoms with Crippen LogP contribution < -0.4 is 5.73 Å². The molecule has 24 heavy (non-hydrogen) atoms. The second kappa shape index (κ2) is 9.04. The number of hydrogen-bond acceptors (Lipinski definition) is 3. The molecule has 134 valence electrons. The summed E-state index contributed by atoms with van der Waals surface area (Å²) in [5.41, 5.74) is 7.64. The van der Waals surface area contributed by atoms with Gasteiger partial charge in [-0.1, -0.05) is 26.0 Å². The minimum absolute atomic E-state index is 0. The van der Waals surface area contributed by atoms with Gasteiger partial charge in [-0.3, -0.25) is 9.59 Å². The zero-order chi connectivity index (χ0) is 17.0. The summed E-state index contributed by atoms with van der Waals surface area (Å²) >= 11 is 0. The van der Waals surface area contributed by atoms with E-state index in [0.29, 0.717) is 18.7 Å². The molecule has 0 bridgehead atoms. The second-order valence-corrected chi connectivity index (χ2v) is 6.70. The Kier molecular flexibility index (Phi) is 7.70. The third-order valence-corrected chi connectivity index (χ3v) is 4.24. The van der Waals surface area contributed by atoms with Crippen LogP contribution >= 0.6 is 12.4 Å². The second-order valence-electron chi connectivity index (χ2n) is 6.70. The van der Waals surface area contributed by atoms with E-state index in [4.69, 9.17) is 5.73 Å². The summed E-state index contributed by atoms with van der Waals surface area (Å²) in [7, 11) is 1.80. The summed E-state index contributed by atoms with van der Waals surface area (Å²) in [5.74, 6) is 0.148. The van der Waals surface area contributed by atoms with Gasteiger partial charge in [-0.15, -0.1) is 12.4 Å². The van der Waals surface area contributed by atoms with Gasteiger partial charge in [0, 0.05) is 44.2 Å². The summed E-state index contributed by atoms with van der Waals surface area (Å²) < 4.78 is 0. The Hall–Kier alpha value is -1.59. The van der Waals surface area contributed by atoms with Crippen LogP contribution in [0.15, 0.2) is 24.3 Å². The van der Waals surface area contributed by atoms with Crippen LogP contribution in [0.4, 0.5) is 0 Å². The normalized spacial score (nSPS) is 17.4. The van der Waals surface area contributed by atoms with Crippen LogP contribution in [0.25, 0.3) is 0 Å². The zero-order valence-electron chi connectivity index (χ0n) is 14.7. The molecule has 2 rings (SSSR count). The van der Waals surface area contributed by atoms with E-state index in [1.807, 2.05) is 43.0 Å². The highest BCUT2D eigenvalue weighted by Gasteiger charge is 2.22. The molecule has 1 aromatic carbocycles. The van der Waals surface area contributed by atoms with Gasteiger partial charge in [0.15, 0.2) is 0 Å². The van der Waals surface area contributed by atoms with Crippen LogP contribution in [0.1, 0.15) is 42.6 Å². The Bertz CT molecular complexity index is 560. The minimum Gasteiger partial charge on any atom is -0.341 e. The Balaban J connectivity index is 0.00000288. The van der Waals surface area contributed by atoms with Crippen molar-refractivity contribution in [3.8, 4) is 0 Å². The SMILES string of the molecule is CC(C)C(=O)N(C)Cc1ccc(C(=O)N2CCCC(N)C2)cc1.Cl. The molecule has 0 spiro atoms. The highest BCUT2D eigenvalue weighted by Crippen LogP contribution is 2.14. The maximum atomic E-state index is 12.5. The van der Waals surface area contributed by atoms with Crippen molar-refractivity contribution in [1.82, 2.24) is 9.80 Å². The van der Waals surface area contributed by atoms with Gasteiger partial charge in [0.1, 0.15) is 0 Å². The molecule has 1 saturated heterocycles. The highest BCUT2D eigenvalue weighted by atomic mass is 35.5. The van der Waals surface area contributed by atoms with E-state index in [2.05, 4.69) is 0 Å². The summed E-state index contributed by atoms with van der Waals surface area (Å²) in [6.45, 7) is 5.75. The van der Waals surface area contributed by atoms with Crippen molar-refractivity contribution >= 4 is 24.2 Å². The lowest BCUT2D eigenvalue weighted by molar-refractivity contribution is -0.133. The molecule has 0 saturated carbocycles. The molecule has 1 aromatic rings. The Labute approximate surface area is 150 Å². The van der Waals surface area contributed by atoms with Crippen molar-refractivity contribution in [2.24, 2.45) is 11.7 Å². The smallest absolute Gasteiger partial charge is 0.253 e. The standard InChI is InChI=1S/C18H27N3O2.ClH/c1-13(2)17(22)20(3)11-14-6-8-15(9-7-14)18(23)21-10-4-5-16(19)12-21;/h6-9,13,16H,4-5,10-12,19H2,1-3H3;1H. The molecule has 0 aliphatic carbocycles. The lowest BCUT2D eigenvalue weighted by Gasteiger charge is -2.30. The quantitative estimate of drug-likeness (QED) is 0.903. The van der Waals surface area contributed by atoms with Gasteiger partial charge in [0.2, 0.25) is 5.91 Å². The first-order valence-electron chi connectivity index (χ1n) is 8.27. The molecule has 1 aliphatic heterocycles. The fourth-order valence-corrected chi connectivity index (χ4v) is 2.92. The summed E-state index contributed by atoms with van der Waals surface area (Å²) in [4.78, 5) is 27.9. The number of nitrogens with two attached hydrogens (primary N) is 1. The maximum absolute atomic E-state index is 12.5. The Morgan fingerprint density at radius 1 is 1.29 bits per heavy atom. The molecule has 1 atom stereocenters. The van der Waals surface area contributed by atoms with Crippen LogP contribution in [0, 0.1) is 5.92 Å². The number of likely N-dealkylation sites (tertiary alicyclic amines) is 1. The highest BCUT2D eigenvalue weighted by molar-refractivity contribution is 5.94. The third kappa shape index (κ3) is 5.21. The molecule has 2 N–H and O–H groups in total. The van der Waals surface area contributed by atoms with Crippen molar-refractivity contribution in [2.75, 3.05) is 20.1 Å². The average Bonchev–Trinajstić information content (AvgIpc) is 2.54. The van der Waals surface area contributed by atoms with Gasteiger partial charge in [-0.05, 0) is 30.5 Å². The van der Waals surface area contributed by atoms with Gasteiger partial charge in [0.05, 0.1) is 0 Å². The number of amides is 2. The van der Waals surface area contributed by atoms with Crippen LogP contribution in [0.5, 0.6) is 0 Å². The van der Waals surface area contributed by atoms with Crippen LogP contribution in [0.2, 0.25) is 0 Å². The van der Waals surface area contributed by atoms with Crippen LogP contribution in [-0.4, -0.2) is 47.8 Å². The van der Waals surface area contributed by atoms with E-state index >= 15 is 0 Å². The molecule has 1 aliphatic rings. The molecule has 5 nitrogen and oxygen atoms in total. The first-order chi connectivity index (χ1) is 10.9. The molecule has 0 radical (unpaired) electrons. The van der Waals surface area contributed by atoms with Gasteiger partial charge in [0.25, 0.3) is 5.91 Å². The lowest BCUT2D eigenvalue weighted by atomic mass is 10.0. The largest absolute Gasteiger partial charge is 0.341 e. The number of carbonyl (C=O) groups excluding carboxylic acids is 2. The van der Waals surface area contributed by atoms with Crippen molar-refractivity contribution in [3.05, 3.63) is 35.4 Å². The Morgan fingerprint density at radius 2 is 1.92 bits per heavy atom. The fraction of sp³-hybridized carbons (Fsp3) is 0.556.